The summed E-state index contributed by atoms with van der Waals surface area (Å²) in [6, 6.07) is 2.62. The number of nitrogens with zero attached hydrogens (tertiary/aromatic N) is 1. The van der Waals surface area contributed by atoms with E-state index in [1.807, 2.05) is 19.2 Å². The van der Waals surface area contributed by atoms with E-state index in [4.69, 9.17) is 18.9 Å². The summed E-state index contributed by atoms with van der Waals surface area (Å²) in [6.45, 7) is 8.37. The Morgan fingerprint density at radius 3 is 2.65 bits per heavy atom. The fourth-order valence-electron chi connectivity index (χ4n) is 6.70. The Kier molecular flexibility index (Phi) is 6.91. The van der Waals surface area contributed by atoms with Gasteiger partial charge in [0.15, 0.2) is 12.2 Å². The average Bonchev–Trinajstić information content (AvgIpc) is 3.22. The van der Waals surface area contributed by atoms with Crippen molar-refractivity contribution >= 4 is 18.0 Å². The van der Waals surface area contributed by atoms with Gasteiger partial charge < -0.3 is 39.4 Å². The van der Waals surface area contributed by atoms with E-state index in [2.05, 4.69) is 10.2 Å². The molecule has 2 bridgehead atoms. The van der Waals surface area contributed by atoms with E-state index in [1.165, 1.54) is 13.8 Å². The molecule has 1 aromatic rings. The van der Waals surface area contributed by atoms with Gasteiger partial charge in [0, 0.05) is 23.6 Å². The van der Waals surface area contributed by atoms with Gasteiger partial charge in [-0.1, -0.05) is 12.1 Å². The van der Waals surface area contributed by atoms with Crippen LogP contribution in [-0.4, -0.2) is 82.2 Å². The largest absolute Gasteiger partial charge is 0.509 e. The van der Waals surface area contributed by atoms with E-state index in [0.29, 0.717) is 24.2 Å². The lowest BCUT2D eigenvalue weighted by Crippen LogP contribution is -2.74. The smallest absolute Gasteiger partial charge is 0.481 e. The molecule has 6 atom stereocenters. The second kappa shape index (κ2) is 9.74. The number of amides is 1. The zero-order valence-electron chi connectivity index (χ0n) is 23.8. The number of aliphatic hydroxyl groups is 2. The molecule has 1 saturated heterocycles. The first-order valence-electron chi connectivity index (χ1n) is 13.7. The maximum absolute atomic E-state index is 13.2. The van der Waals surface area contributed by atoms with Crippen LogP contribution < -0.4 is 10.1 Å². The second-order valence-electron chi connectivity index (χ2n) is 12.3. The predicted octanol–water partition coefficient (Wildman–Crippen LogP) is 1.84. The van der Waals surface area contributed by atoms with Crippen molar-refractivity contribution in [3.63, 3.8) is 0 Å². The zero-order valence-corrected chi connectivity index (χ0v) is 23.8. The SMILES string of the molecule is C[C@H](NC(=O)[C@H](C)OC(=O)OC(C)(C)C)C(=O)OC1=CC[C@@]2(O)[C@H]3Cc4ccc(CO)c5c4[C@@]2(CCN3C)[C@H]1O5. The van der Waals surface area contributed by atoms with Crippen LogP contribution in [0.3, 0.4) is 0 Å². The molecular weight excluding hydrogens is 520 g/mol. The maximum Gasteiger partial charge on any atom is 0.509 e. The van der Waals surface area contributed by atoms with Crippen molar-refractivity contribution in [2.75, 3.05) is 13.6 Å². The average molecular weight is 559 g/mol. The Morgan fingerprint density at radius 1 is 1.25 bits per heavy atom. The summed E-state index contributed by atoms with van der Waals surface area (Å²) in [4.78, 5) is 39.8. The Morgan fingerprint density at radius 2 is 1.98 bits per heavy atom. The summed E-state index contributed by atoms with van der Waals surface area (Å²) in [7, 11) is 2.01. The third-order valence-corrected chi connectivity index (χ3v) is 8.59. The highest BCUT2D eigenvalue weighted by Crippen LogP contribution is 2.64. The molecule has 0 radical (unpaired) electrons. The van der Waals surface area contributed by atoms with Gasteiger partial charge in [-0.3, -0.25) is 4.79 Å². The number of carbonyl (C=O) groups excluding carboxylic acids is 3. The molecule has 0 aromatic heterocycles. The van der Waals surface area contributed by atoms with Gasteiger partial charge >= 0.3 is 12.1 Å². The molecule has 1 aromatic carbocycles. The molecule has 1 fully saturated rings. The van der Waals surface area contributed by atoms with Gasteiger partial charge in [-0.05, 0) is 72.7 Å². The number of esters is 1. The topological polar surface area (TPSA) is 144 Å². The zero-order chi connectivity index (χ0) is 29.2. The van der Waals surface area contributed by atoms with Gasteiger partial charge in [-0.25, -0.2) is 9.59 Å². The van der Waals surface area contributed by atoms with Gasteiger partial charge in [0.1, 0.15) is 23.2 Å². The highest BCUT2D eigenvalue weighted by Gasteiger charge is 2.71. The van der Waals surface area contributed by atoms with E-state index >= 15 is 0 Å². The lowest BCUT2D eigenvalue weighted by molar-refractivity contribution is -0.170. The summed E-state index contributed by atoms with van der Waals surface area (Å²) in [6.07, 6.45) is 0.220. The molecule has 11 heteroatoms. The van der Waals surface area contributed by atoms with Crippen molar-refractivity contribution in [2.45, 2.75) is 101 Å². The van der Waals surface area contributed by atoms with Crippen LogP contribution in [0.4, 0.5) is 4.79 Å². The molecule has 40 heavy (non-hydrogen) atoms. The van der Waals surface area contributed by atoms with Crippen LogP contribution >= 0.6 is 0 Å². The lowest BCUT2D eigenvalue weighted by Gasteiger charge is -2.61. The Hall–Kier alpha value is -3.15. The van der Waals surface area contributed by atoms with E-state index in [-0.39, 0.29) is 24.8 Å². The fraction of sp³-hybridized carbons (Fsp3) is 0.621. The molecule has 11 nitrogen and oxygen atoms in total. The van der Waals surface area contributed by atoms with Crippen LogP contribution in [0.25, 0.3) is 0 Å². The van der Waals surface area contributed by atoms with E-state index in [9.17, 15) is 24.6 Å². The molecule has 218 valence electrons. The molecule has 2 aliphatic heterocycles. The lowest BCUT2D eigenvalue weighted by atomic mass is 9.50. The minimum absolute atomic E-state index is 0.149. The van der Waals surface area contributed by atoms with Gasteiger partial charge in [-0.15, -0.1) is 0 Å². The van der Waals surface area contributed by atoms with Crippen LogP contribution in [0.2, 0.25) is 0 Å². The summed E-state index contributed by atoms with van der Waals surface area (Å²) in [5.41, 5.74) is -0.203. The second-order valence-corrected chi connectivity index (χ2v) is 12.3. The molecule has 0 saturated carbocycles. The quantitative estimate of drug-likeness (QED) is 0.443. The van der Waals surface area contributed by atoms with Crippen molar-refractivity contribution in [3.8, 4) is 5.75 Å². The number of aliphatic hydroxyl groups excluding tert-OH is 1. The highest BCUT2D eigenvalue weighted by atomic mass is 16.7. The van der Waals surface area contributed by atoms with E-state index in [1.54, 1.807) is 26.8 Å². The van der Waals surface area contributed by atoms with Gasteiger partial charge in [0.2, 0.25) is 0 Å². The number of ether oxygens (including phenoxy) is 4. The molecule has 0 unspecified atom stereocenters. The highest BCUT2D eigenvalue weighted by molar-refractivity contribution is 5.87. The number of piperidine rings is 1. The van der Waals surface area contributed by atoms with E-state index < -0.39 is 52.9 Å². The molecular formula is C29H38N2O9. The first kappa shape index (κ1) is 28.4. The number of nitrogens with one attached hydrogen (secondary N) is 1. The fourth-order valence-corrected chi connectivity index (χ4v) is 6.70. The van der Waals surface area contributed by atoms with Crippen LogP contribution in [0.5, 0.6) is 5.75 Å². The van der Waals surface area contributed by atoms with Crippen LogP contribution in [0.1, 0.15) is 64.2 Å². The van der Waals surface area contributed by atoms with Crippen LogP contribution in [0.15, 0.2) is 24.0 Å². The summed E-state index contributed by atoms with van der Waals surface area (Å²) >= 11 is 0. The number of carbonyl (C=O) groups is 3. The maximum atomic E-state index is 13.2. The van der Waals surface area contributed by atoms with Gasteiger partial charge in [0.05, 0.1) is 17.6 Å². The van der Waals surface area contributed by atoms with Crippen molar-refractivity contribution < 1.29 is 43.5 Å². The minimum atomic E-state index is -1.20. The van der Waals surface area contributed by atoms with Crippen LogP contribution in [-0.2, 0) is 42.2 Å². The number of hydrogen-bond donors (Lipinski definition) is 3. The van der Waals surface area contributed by atoms with Crippen molar-refractivity contribution in [2.24, 2.45) is 0 Å². The number of rotatable bonds is 6. The molecule has 1 amide bonds. The van der Waals surface area contributed by atoms with Crippen molar-refractivity contribution in [3.05, 3.63) is 40.7 Å². The minimum Gasteiger partial charge on any atom is -0.481 e. The monoisotopic (exact) mass is 558 g/mol. The van der Waals surface area contributed by atoms with Crippen LogP contribution in [0, 0.1) is 0 Å². The Balaban J connectivity index is 1.35. The normalized spacial score (nSPS) is 29.8. The molecule has 2 aliphatic carbocycles. The first-order valence-corrected chi connectivity index (χ1v) is 13.7. The van der Waals surface area contributed by atoms with Crippen molar-refractivity contribution in [1.82, 2.24) is 10.2 Å². The number of benzene rings is 1. The Labute approximate surface area is 233 Å². The molecule has 5 rings (SSSR count). The molecule has 4 aliphatic rings. The molecule has 1 spiro atoms. The Bertz CT molecular complexity index is 1270. The van der Waals surface area contributed by atoms with Gasteiger partial charge in [0.25, 0.3) is 5.91 Å². The summed E-state index contributed by atoms with van der Waals surface area (Å²) in [5.74, 6) is -0.601. The summed E-state index contributed by atoms with van der Waals surface area (Å²) < 4.78 is 22.4. The van der Waals surface area contributed by atoms with Gasteiger partial charge in [-0.2, -0.15) is 0 Å². The summed E-state index contributed by atoms with van der Waals surface area (Å²) in [5, 5.41) is 24.8. The number of likely N-dealkylation sites (tertiary alicyclic amines) is 1. The number of hydrogen-bond acceptors (Lipinski definition) is 10. The van der Waals surface area contributed by atoms with E-state index in [0.717, 1.165) is 17.7 Å². The molecule has 2 heterocycles. The number of likely N-dealkylation sites (N-methyl/N-ethyl adjacent to an activating group) is 1. The first-order chi connectivity index (χ1) is 18.7. The standard InChI is InChI=1S/C29H38N2O9/c1-15(30-24(33)16(2)37-26(35)40-27(3,4)5)25(34)38-19-9-10-29(36)20-13-17-7-8-18(14-32)22-21(17)28(29,23(19)39-22)11-12-31(20)6/h7-9,15-16,20,23,32,36H,10-14H2,1-6H3,(H,30,33)/t15-,16-,20+,23-,28-,29+/m0/s1. The predicted molar refractivity (Wildman–Crippen MR) is 141 cm³/mol. The molecule has 3 N–H and O–H groups in total. The third kappa shape index (κ3) is 4.35. The van der Waals surface area contributed by atoms with Crippen molar-refractivity contribution in [1.29, 1.82) is 0 Å². The third-order valence-electron chi connectivity index (χ3n) is 8.59.